The number of aryl methyl sites for hydroxylation is 1. The number of rotatable bonds is 4. The highest BCUT2D eigenvalue weighted by Crippen LogP contribution is 2.17. The van der Waals surface area contributed by atoms with Crippen LogP contribution in [0.15, 0.2) is 53.4 Å². The summed E-state index contributed by atoms with van der Waals surface area (Å²) in [5.74, 6) is -0.372. The summed E-state index contributed by atoms with van der Waals surface area (Å²) in [6.45, 7) is 2.03. The first-order valence-electron chi connectivity index (χ1n) is 6.17. The maximum Gasteiger partial charge on any atom is 0.243 e. The lowest BCUT2D eigenvalue weighted by atomic mass is 10.2. The summed E-state index contributed by atoms with van der Waals surface area (Å²) < 4.78 is 39.1. The van der Waals surface area contributed by atoms with Crippen LogP contribution in [-0.2, 0) is 16.6 Å². The van der Waals surface area contributed by atoms with Gasteiger partial charge in [-0.2, -0.15) is 4.31 Å². The zero-order chi connectivity index (χ0) is 14.8. The lowest BCUT2D eigenvalue weighted by Gasteiger charge is -2.17. The van der Waals surface area contributed by atoms with E-state index in [1.165, 1.54) is 23.5 Å². The van der Waals surface area contributed by atoms with Crippen molar-refractivity contribution in [2.24, 2.45) is 0 Å². The van der Waals surface area contributed by atoms with Crippen LogP contribution in [0.5, 0.6) is 0 Å². The first-order valence-corrected chi connectivity index (χ1v) is 7.61. The predicted octanol–water partition coefficient (Wildman–Crippen LogP) is 2.95. The minimum absolute atomic E-state index is 0.133. The van der Waals surface area contributed by atoms with Crippen LogP contribution >= 0.6 is 0 Å². The molecular weight excluding hydrogens is 277 g/mol. The van der Waals surface area contributed by atoms with Crippen molar-refractivity contribution in [3.8, 4) is 0 Å². The molecule has 2 aromatic carbocycles. The Bertz CT molecular complexity index is 696. The second-order valence-electron chi connectivity index (χ2n) is 4.70. The molecule has 2 rings (SSSR count). The van der Waals surface area contributed by atoms with Gasteiger partial charge in [-0.05, 0) is 36.8 Å². The fourth-order valence-corrected chi connectivity index (χ4v) is 3.03. The lowest BCUT2D eigenvalue weighted by Crippen LogP contribution is -2.26. The summed E-state index contributed by atoms with van der Waals surface area (Å²) in [6, 6.07) is 12.6. The van der Waals surface area contributed by atoms with E-state index in [0.29, 0.717) is 5.56 Å². The van der Waals surface area contributed by atoms with Gasteiger partial charge in [0.1, 0.15) is 5.82 Å². The van der Waals surface area contributed by atoms with Crippen molar-refractivity contribution >= 4 is 10.0 Å². The zero-order valence-electron chi connectivity index (χ0n) is 11.4. The predicted molar refractivity (Wildman–Crippen MR) is 76.2 cm³/mol. The van der Waals surface area contributed by atoms with Crippen LogP contribution in [0.4, 0.5) is 4.39 Å². The molecule has 0 atom stereocenters. The van der Waals surface area contributed by atoms with Crippen LogP contribution in [0.25, 0.3) is 0 Å². The molecule has 106 valence electrons. The van der Waals surface area contributed by atoms with Gasteiger partial charge in [0.15, 0.2) is 0 Å². The van der Waals surface area contributed by atoms with Crippen molar-refractivity contribution < 1.29 is 12.8 Å². The monoisotopic (exact) mass is 293 g/mol. The number of halogens is 1. The smallest absolute Gasteiger partial charge is 0.207 e. The summed E-state index contributed by atoms with van der Waals surface area (Å²) >= 11 is 0. The summed E-state index contributed by atoms with van der Waals surface area (Å²) in [7, 11) is -2.07. The van der Waals surface area contributed by atoms with Gasteiger partial charge in [0, 0.05) is 13.6 Å². The molecule has 0 aliphatic rings. The normalized spacial score (nSPS) is 11.8. The maximum atomic E-state index is 13.1. The molecule has 0 spiro atoms. The van der Waals surface area contributed by atoms with E-state index in [2.05, 4.69) is 0 Å². The minimum atomic E-state index is -3.56. The standard InChI is InChI=1S/C15H16FNO2S/c1-12-6-8-15(9-7-12)20(18,19)17(2)11-13-4-3-5-14(16)10-13/h3-10H,11H2,1-2H3. The van der Waals surface area contributed by atoms with Crippen LogP contribution in [0.3, 0.4) is 0 Å². The van der Waals surface area contributed by atoms with Crippen LogP contribution in [0.1, 0.15) is 11.1 Å². The average Bonchev–Trinajstić information content (AvgIpc) is 2.39. The van der Waals surface area contributed by atoms with E-state index in [0.717, 1.165) is 5.56 Å². The third-order valence-electron chi connectivity index (χ3n) is 3.02. The van der Waals surface area contributed by atoms with E-state index in [1.54, 1.807) is 36.4 Å². The molecule has 0 aliphatic heterocycles. The Morgan fingerprint density at radius 3 is 2.35 bits per heavy atom. The van der Waals surface area contributed by atoms with Gasteiger partial charge in [0.25, 0.3) is 0 Å². The third-order valence-corrected chi connectivity index (χ3v) is 4.84. The van der Waals surface area contributed by atoms with Crippen LogP contribution in [0.2, 0.25) is 0 Å². The summed E-state index contributed by atoms with van der Waals surface area (Å²) in [5, 5.41) is 0. The highest BCUT2D eigenvalue weighted by atomic mass is 32.2. The van der Waals surface area contributed by atoms with Gasteiger partial charge in [-0.25, -0.2) is 12.8 Å². The van der Waals surface area contributed by atoms with Gasteiger partial charge in [0.05, 0.1) is 4.90 Å². The first kappa shape index (κ1) is 14.7. The molecule has 0 heterocycles. The second-order valence-corrected chi connectivity index (χ2v) is 6.75. The largest absolute Gasteiger partial charge is 0.243 e. The molecule has 0 aliphatic carbocycles. The topological polar surface area (TPSA) is 37.4 Å². The van der Waals surface area contributed by atoms with E-state index in [-0.39, 0.29) is 17.3 Å². The Kier molecular flexibility index (Phi) is 4.20. The molecule has 0 aromatic heterocycles. The van der Waals surface area contributed by atoms with Gasteiger partial charge >= 0.3 is 0 Å². The summed E-state index contributed by atoms with van der Waals surface area (Å²) in [4.78, 5) is 0.238. The molecule has 20 heavy (non-hydrogen) atoms. The quantitative estimate of drug-likeness (QED) is 0.869. The molecule has 2 aromatic rings. The third kappa shape index (κ3) is 3.23. The molecule has 0 N–H and O–H groups in total. The molecule has 0 amide bonds. The average molecular weight is 293 g/mol. The van der Waals surface area contributed by atoms with E-state index in [1.807, 2.05) is 6.92 Å². The first-order chi connectivity index (χ1) is 9.39. The van der Waals surface area contributed by atoms with Crippen LogP contribution in [-0.4, -0.2) is 19.8 Å². The molecular formula is C15H16FNO2S. The van der Waals surface area contributed by atoms with Crippen molar-refractivity contribution in [1.82, 2.24) is 4.31 Å². The molecule has 0 unspecified atom stereocenters. The molecule has 0 saturated carbocycles. The Balaban J connectivity index is 2.23. The van der Waals surface area contributed by atoms with Gasteiger partial charge < -0.3 is 0 Å². The fraction of sp³-hybridized carbons (Fsp3) is 0.200. The second kappa shape index (κ2) is 5.73. The SMILES string of the molecule is Cc1ccc(S(=O)(=O)N(C)Cc2cccc(F)c2)cc1. The van der Waals surface area contributed by atoms with E-state index < -0.39 is 10.0 Å². The minimum Gasteiger partial charge on any atom is -0.207 e. The lowest BCUT2D eigenvalue weighted by molar-refractivity contribution is 0.465. The molecule has 3 nitrogen and oxygen atoms in total. The number of sulfonamides is 1. The molecule has 0 radical (unpaired) electrons. The Morgan fingerprint density at radius 1 is 1.10 bits per heavy atom. The summed E-state index contributed by atoms with van der Waals surface area (Å²) in [5.41, 5.74) is 1.61. The molecule has 0 bridgehead atoms. The van der Waals surface area contributed by atoms with Crippen molar-refractivity contribution in [1.29, 1.82) is 0 Å². The molecule has 0 saturated heterocycles. The Morgan fingerprint density at radius 2 is 1.75 bits per heavy atom. The van der Waals surface area contributed by atoms with Crippen molar-refractivity contribution in [2.45, 2.75) is 18.4 Å². The van der Waals surface area contributed by atoms with Crippen LogP contribution in [0, 0.1) is 12.7 Å². The van der Waals surface area contributed by atoms with E-state index in [4.69, 9.17) is 0 Å². The van der Waals surface area contributed by atoms with Gasteiger partial charge in [-0.1, -0.05) is 29.8 Å². The molecule has 5 heteroatoms. The number of benzene rings is 2. The molecule has 0 fully saturated rings. The summed E-state index contributed by atoms with van der Waals surface area (Å²) in [6.07, 6.45) is 0. The van der Waals surface area contributed by atoms with Gasteiger partial charge in [0.2, 0.25) is 10.0 Å². The fourth-order valence-electron chi connectivity index (χ4n) is 1.87. The Labute approximate surface area is 118 Å². The highest BCUT2D eigenvalue weighted by Gasteiger charge is 2.20. The van der Waals surface area contributed by atoms with Crippen molar-refractivity contribution in [3.63, 3.8) is 0 Å². The number of nitrogens with zero attached hydrogens (tertiary/aromatic N) is 1. The van der Waals surface area contributed by atoms with Gasteiger partial charge in [-0.3, -0.25) is 0 Å². The van der Waals surface area contributed by atoms with E-state index >= 15 is 0 Å². The van der Waals surface area contributed by atoms with Gasteiger partial charge in [-0.15, -0.1) is 0 Å². The Hall–Kier alpha value is -1.72. The number of hydrogen-bond donors (Lipinski definition) is 0. The number of hydrogen-bond acceptors (Lipinski definition) is 2. The van der Waals surface area contributed by atoms with E-state index in [9.17, 15) is 12.8 Å². The maximum absolute atomic E-state index is 13.1. The van der Waals surface area contributed by atoms with Crippen molar-refractivity contribution in [2.75, 3.05) is 7.05 Å². The highest BCUT2D eigenvalue weighted by molar-refractivity contribution is 7.89. The van der Waals surface area contributed by atoms with Crippen LogP contribution < -0.4 is 0 Å². The van der Waals surface area contributed by atoms with Crippen molar-refractivity contribution in [3.05, 3.63) is 65.5 Å². The zero-order valence-corrected chi connectivity index (χ0v) is 12.2.